The Morgan fingerprint density at radius 1 is 1.16 bits per heavy atom. The fourth-order valence-corrected chi connectivity index (χ4v) is 5.43. The van der Waals surface area contributed by atoms with Gasteiger partial charge in [-0.2, -0.15) is 5.10 Å². The average molecular weight is 536 g/mol. The first-order valence-corrected chi connectivity index (χ1v) is 13.3. The number of carbonyl (C=O) groups is 2. The molecule has 37 heavy (non-hydrogen) atoms. The first kappa shape index (κ1) is 25.1. The Kier molecular flexibility index (Phi) is 7.64. The Bertz CT molecular complexity index is 1380. The van der Waals surface area contributed by atoms with Crippen molar-refractivity contribution in [3.8, 4) is 5.69 Å². The van der Waals surface area contributed by atoms with Crippen LogP contribution < -0.4 is 10.2 Å². The number of rotatable bonds is 8. The number of benzene rings is 2. The van der Waals surface area contributed by atoms with Gasteiger partial charge in [-0.3, -0.25) is 14.5 Å². The molecule has 8 nitrogen and oxygen atoms in total. The van der Waals surface area contributed by atoms with E-state index in [9.17, 15) is 9.59 Å². The van der Waals surface area contributed by atoms with Gasteiger partial charge in [0, 0.05) is 17.7 Å². The number of aromatic nitrogens is 3. The van der Waals surface area contributed by atoms with Crippen molar-refractivity contribution in [2.24, 2.45) is 0 Å². The molecule has 190 valence electrons. The molecule has 1 aliphatic rings. The molecule has 0 aliphatic carbocycles. The monoisotopic (exact) mass is 535 g/mol. The van der Waals surface area contributed by atoms with Gasteiger partial charge in [-0.15, -0.1) is 11.3 Å². The minimum atomic E-state index is -0.296. The Balaban J connectivity index is 1.40. The molecule has 0 radical (unpaired) electrons. The number of hydrogen-bond acceptors (Lipinski definition) is 6. The second-order valence-electron chi connectivity index (χ2n) is 8.76. The molecule has 2 amide bonds. The molecular formula is C27H26ClN5O3S. The van der Waals surface area contributed by atoms with E-state index in [-0.39, 0.29) is 29.5 Å². The molecule has 1 saturated heterocycles. The van der Waals surface area contributed by atoms with Crippen molar-refractivity contribution in [3.63, 3.8) is 0 Å². The van der Waals surface area contributed by atoms with Crippen LogP contribution in [0.1, 0.15) is 34.6 Å². The number of aryl methyl sites for hydroxylation is 1. The van der Waals surface area contributed by atoms with Crippen molar-refractivity contribution in [3.05, 3.63) is 88.1 Å². The van der Waals surface area contributed by atoms with Crippen LogP contribution in [0.25, 0.3) is 5.69 Å². The van der Waals surface area contributed by atoms with Crippen LogP contribution >= 0.6 is 22.9 Å². The maximum Gasteiger partial charge on any atom is 0.265 e. The van der Waals surface area contributed by atoms with Gasteiger partial charge in [-0.25, -0.2) is 9.67 Å². The molecule has 10 heteroatoms. The van der Waals surface area contributed by atoms with Crippen molar-refractivity contribution < 1.29 is 14.3 Å². The first-order valence-electron chi connectivity index (χ1n) is 12.0. The number of para-hydroxylation sites is 2. The predicted octanol–water partition coefficient (Wildman–Crippen LogP) is 5.30. The summed E-state index contributed by atoms with van der Waals surface area (Å²) in [6, 6.07) is 18.7. The molecule has 0 saturated carbocycles. The standard InChI is InChI=1S/C27H26ClN5O3S/c1-18-24(25(28)33(31-18)21-11-6-3-7-12-21)26(35)32(16-22-13-8-14-36-22)27-30-20(17-37-27)15-23(34)29-19-9-4-2-5-10-19/h2-7,9-12,17,22H,8,13-16H2,1H3,(H,29,34). The van der Waals surface area contributed by atoms with E-state index in [4.69, 9.17) is 16.3 Å². The summed E-state index contributed by atoms with van der Waals surface area (Å²) in [5, 5.41) is 9.93. The number of amides is 2. The SMILES string of the molecule is Cc1nn(-c2ccccc2)c(Cl)c1C(=O)N(CC1CCCO1)c1nc(CC(=O)Nc2ccccc2)cs1. The van der Waals surface area contributed by atoms with Crippen LogP contribution in [0.2, 0.25) is 5.15 Å². The molecule has 2 aromatic carbocycles. The van der Waals surface area contributed by atoms with Gasteiger partial charge >= 0.3 is 0 Å². The van der Waals surface area contributed by atoms with Gasteiger partial charge in [-0.05, 0) is 44.0 Å². The van der Waals surface area contributed by atoms with E-state index in [1.54, 1.807) is 21.9 Å². The Hall–Kier alpha value is -3.53. The van der Waals surface area contributed by atoms with Gasteiger partial charge in [0.05, 0.1) is 36.1 Å². The average Bonchev–Trinajstić information content (AvgIpc) is 3.64. The molecule has 1 fully saturated rings. The smallest absolute Gasteiger partial charge is 0.265 e. The number of ether oxygens (including phenoxy) is 1. The van der Waals surface area contributed by atoms with Crippen molar-refractivity contribution in [2.75, 3.05) is 23.4 Å². The van der Waals surface area contributed by atoms with E-state index >= 15 is 0 Å². The molecule has 0 bridgehead atoms. The maximum atomic E-state index is 13.9. The van der Waals surface area contributed by atoms with Crippen molar-refractivity contribution in [1.82, 2.24) is 14.8 Å². The summed E-state index contributed by atoms with van der Waals surface area (Å²) in [6.07, 6.45) is 1.80. The highest BCUT2D eigenvalue weighted by Crippen LogP contribution is 2.30. The van der Waals surface area contributed by atoms with Crippen molar-refractivity contribution in [2.45, 2.75) is 32.3 Å². The number of halogens is 1. The van der Waals surface area contributed by atoms with E-state index in [1.807, 2.05) is 60.7 Å². The van der Waals surface area contributed by atoms with Gasteiger partial charge in [0.1, 0.15) is 10.7 Å². The Labute approximate surface area is 223 Å². The first-order chi connectivity index (χ1) is 18.0. The number of nitrogens with zero attached hydrogens (tertiary/aromatic N) is 4. The number of nitrogens with one attached hydrogen (secondary N) is 1. The summed E-state index contributed by atoms with van der Waals surface area (Å²) < 4.78 is 7.39. The lowest BCUT2D eigenvalue weighted by Gasteiger charge is -2.23. The van der Waals surface area contributed by atoms with E-state index < -0.39 is 0 Å². The van der Waals surface area contributed by atoms with E-state index in [2.05, 4.69) is 15.4 Å². The van der Waals surface area contributed by atoms with E-state index in [0.717, 1.165) is 24.2 Å². The quantitative estimate of drug-likeness (QED) is 0.331. The van der Waals surface area contributed by atoms with Crippen LogP contribution in [-0.2, 0) is 16.0 Å². The summed E-state index contributed by atoms with van der Waals surface area (Å²) in [4.78, 5) is 32.7. The molecule has 0 spiro atoms. The lowest BCUT2D eigenvalue weighted by molar-refractivity contribution is -0.115. The zero-order valence-corrected chi connectivity index (χ0v) is 21.8. The van der Waals surface area contributed by atoms with Gasteiger partial charge in [0.25, 0.3) is 5.91 Å². The van der Waals surface area contributed by atoms with E-state index in [0.29, 0.717) is 35.2 Å². The van der Waals surface area contributed by atoms with Gasteiger partial charge < -0.3 is 10.1 Å². The third kappa shape index (κ3) is 5.74. The molecule has 4 aromatic rings. The summed E-state index contributed by atoms with van der Waals surface area (Å²) in [5.41, 5.74) is 2.92. The highest BCUT2D eigenvalue weighted by atomic mass is 35.5. The highest BCUT2D eigenvalue weighted by Gasteiger charge is 2.31. The van der Waals surface area contributed by atoms with Gasteiger partial charge in [0.2, 0.25) is 5.91 Å². The van der Waals surface area contributed by atoms with Crippen LogP contribution in [0.3, 0.4) is 0 Å². The molecular weight excluding hydrogens is 510 g/mol. The second kappa shape index (κ2) is 11.2. The minimum absolute atomic E-state index is 0.0963. The fourth-order valence-electron chi connectivity index (χ4n) is 4.25. The van der Waals surface area contributed by atoms with Crippen LogP contribution in [0.15, 0.2) is 66.0 Å². The van der Waals surface area contributed by atoms with Gasteiger partial charge in [0.15, 0.2) is 5.13 Å². The fraction of sp³-hybridized carbons (Fsp3) is 0.259. The molecule has 5 rings (SSSR count). The van der Waals surface area contributed by atoms with Crippen LogP contribution in [0.4, 0.5) is 10.8 Å². The minimum Gasteiger partial charge on any atom is -0.376 e. The Morgan fingerprint density at radius 3 is 2.59 bits per heavy atom. The third-order valence-corrected chi connectivity index (χ3v) is 7.31. The van der Waals surface area contributed by atoms with Crippen LogP contribution in [0, 0.1) is 6.92 Å². The number of hydrogen-bond donors (Lipinski definition) is 1. The summed E-state index contributed by atoms with van der Waals surface area (Å²) in [7, 11) is 0. The molecule has 1 unspecified atom stereocenters. The predicted molar refractivity (Wildman–Crippen MR) is 145 cm³/mol. The lowest BCUT2D eigenvalue weighted by atomic mass is 10.2. The van der Waals surface area contributed by atoms with E-state index in [1.165, 1.54) is 11.3 Å². The number of carbonyl (C=O) groups excluding carboxylic acids is 2. The molecule has 1 aliphatic heterocycles. The molecule has 3 heterocycles. The van der Waals surface area contributed by atoms with Crippen LogP contribution in [0.5, 0.6) is 0 Å². The zero-order valence-electron chi connectivity index (χ0n) is 20.3. The number of anilines is 2. The topological polar surface area (TPSA) is 89.3 Å². The molecule has 1 atom stereocenters. The maximum absolute atomic E-state index is 13.9. The third-order valence-electron chi connectivity index (χ3n) is 6.04. The molecule has 1 N–H and O–H groups in total. The summed E-state index contributed by atoms with van der Waals surface area (Å²) in [6.45, 7) is 2.78. The Morgan fingerprint density at radius 2 is 1.89 bits per heavy atom. The highest BCUT2D eigenvalue weighted by molar-refractivity contribution is 7.14. The normalized spacial score (nSPS) is 15.0. The lowest BCUT2D eigenvalue weighted by Crippen LogP contribution is -2.38. The van der Waals surface area contributed by atoms with Crippen LogP contribution in [-0.4, -0.2) is 45.8 Å². The van der Waals surface area contributed by atoms with Gasteiger partial charge in [-0.1, -0.05) is 48.0 Å². The number of thiazole rings is 1. The van der Waals surface area contributed by atoms with Crippen molar-refractivity contribution >= 4 is 45.6 Å². The zero-order chi connectivity index (χ0) is 25.8. The largest absolute Gasteiger partial charge is 0.376 e. The molecule has 2 aromatic heterocycles. The second-order valence-corrected chi connectivity index (χ2v) is 9.96. The van der Waals surface area contributed by atoms with Crippen molar-refractivity contribution in [1.29, 1.82) is 0 Å². The summed E-state index contributed by atoms with van der Waals surface area (Å²) in [5.74, 6) is -0.474. The summed E-state index contributed by atoms with van der Waals surface area (Å²) >= 11 is 8.03.